The van der Waals surface area contributed by atoms with E-state index in [1.165, 1.54) is 12.8 Å². The first kappa shape index (κ1) is 8.02. The summed E-state index contributed by atoms with van der Waals surface area (Å²) < 4.78 is 0. The predicted molar refractivity (Wildman–Crippen MR) is 43.7 cm³/mol. The van der Waals surface area contributed by atoms with Gasteiger partial charge in [-0.15, -0.1) is 0 Å². The van der Waals surface area contributed by atoms with Gasteiger partial charge in [0.1, 0.15) is 0 Å². The van der Waals surface area contributed by atoms with Crippen molar-refractivity contribution >= 4 is 0 Å². The maximum absolute atomic E-state index is 2.33. The average Bonchev–Trinajstić information content (AvgIpc) is 1.93. The minimum absolute atomic E-state index is 0.723. The molecular formula is C8H18N2. The van der Waals surface area contributed by atoms with Gasteiger partial charge in [0.25, 0.3) is 0 Å². The highest BCUT2D eigenvalue weighted by Gasteiger charge is 2.24. The molecule has 1 fully saturated rings. The molecule has 0 bridgehead atoms. The molecule has 2 heteroatoms. The third kappa shape index (κ3) is 1.32. The van der Waals surface area contributed by atoms with E-state index < -0.39 is 0 Å². The van der Waals surface area contributed by atoms with E-state index in [0.29, 0.717) is 0 Å². The van der Waals surface area contributed by atoms with Crippen molar-refractivity contribution in [3.63, 3.8) is 0 Å². The van der Waals surface area contributed by atoms with Gasteiger partial charge in [-0.1, -0.05) is 0 Å². The molecule has 1 rings (SSSR count). The minimum Gasteiger partial charge on any atom is -0.242 e. The Morgan fingerprint density at radius 1 is 0.900 bits per heavy atom. The van der Waals surface area contributed by atoms with Crippen molar-refractivity contribution in [3.8, 4) is 0 Å². The molecule has 2 atom stereocenters. The maximum atomic E-state index is 2.33. The van der Waals surface area contributed by atoms with Gasteiger partial charge in [-0.25, -0.2) is 10.0 Å². The minimum atomic E-state index is 0.723. The molecular weight excluding hydrogens is 124 g/mol. The molecule has 0 spiro atoms. The Balaban J connectivity index is 2.52. The molecule has 0 aromatic carbocycles. The summed E-state index contributed by atoms with van der Waals surface area (Å²) in [5.41, 5.74) is 0. The standard InChI is InChI=1S/C8H18N2/c1-7-5-6-8(2)10(4)9(7)3/h7-8H,5-6H2,1-4H3/t7-,8-/m1/s1. The third-order valence-corrected chi connectivity index (χ3v) is 2.78. The van der Waals surface area contributed by atoms with Crippen LogP contribution in [0, 0.1) is 0 Å². The van der Waals surface area contributed by atoms with E-state index in [-0.39, 0.29) is 0 Å². The van der Waals surface area contributed by atoms with Crippen LogP contribution in [0.25, 0.3) is 0 Å². The highest BCUT2D eigenvalue weighted by atomic mass is 15.6. The van der Waals surface area contributed by atoms with Crippen LogP contribution in [0.2, 0.25) is 0 Å². The van der Waals surface area contributed by atoms with Crippen molar-refractivity contribution in [1.82, 2.24) is 10.0 Å². The molecule has 1 saturated heterocycles. The van der Waals surface area contributed by atoms with Gasteiger partial charge in [-0.05, 0) is 26.7 Å². The fraction of sp³-hybridized carbons (Fsp3) is 1.00. The highest BCUT2D eigenvalue weighted by Crippen LogP contribution is 2.19. The van der Waals surface area contributed by atoms with E-state index in [2.05, 4.69) is 38.0 Å². The smallest absolute Gasteiger partial charge is 0.0215 e. The fourth-order valence-corrected chi connectivity index (χ4v) is 1.48. The molecule has 2 nitrogen and oxygen atoms in total. The highest BCUT2D eigenvalue weighted by molar-refractivity contribution is 4.73. The summed E-state index contributed by atoms with van der Waals surface area (Å²) in [4.78, 5) is 0. The zero-order valence-corrected chi connectivity index (χ0v) is 7.46. The van der Waals surface area contributed by atoms with Gasteiger partial charge in [0.2, 0.25) is 0 Å². The van der Waals surface area contributed by atoms with Crippen LogP contribution in [-0.2, 0) is 0 Å². The Morgan fingerprint density at radius 3 is 1.50 bits per heavy atom. The SMILES string of the molecule is C[C@@H]1CC[C@@H](C)N(C)N1C. The van der Waals surface area contributed by atoms with Crippen molar-refractivity contribution in [2.24, 2.45) is 0 Å². The molecule has 1 heterocycles. The van der Waals surface area contributed by atoms with Gasteiger partial charge in [-0.3, -0.25) is 0 Å². The summed E-state index contributed by atoms with van der Waals surface area (Å²) in [6, 6.07) is 1.45. The van der Waals surface area contributed by atoms with E-state index in [1.54, 1.807) is 0 Å². The lowest BCUT2D eigenvalue weighted by Gasteiger charge is -2.42. The quantitative estimate of drug-likeness (QED) is 0.503. The van der Waals surface area contributed by atoms with Gasteiger partial charge in [0.15, 0.2) is 0 Å². The van der Waals surface area contributed by atoms with Crippen LogP contribution in [0.1, 0.15) is 26.7 Å². The summed E-state index contributed by atoms with van der Waals surface area (Å²) in [6.45, 7) is 4.56. The van der Waals surface area contributed by atoms with E-state index in [4.69, 9.17) is 0 Å². The number of hydrogen-bond donors (Lipinski definition) is 0. The van der Waals surface area contributed by atoms with Crippen LogP contribution in [0.15, 0.2) is 0 Å². The first-order chi connectivity index (χ1) is 4.63. The molecule has 0 unspecified atom stereocenters. The Morgan fingerprint density at radius 2 is 1.20 bits per heavy atom. The summed E-state index contributed by atoms with van der Waals surface area (Å²) in [7, 11) is 4.33. The Hall–Kier alpha value is -0.0800. The lowest BCUT2D eigenvalue weighted by atomic mass is 10.1. The van der Waals surface area contributed by atoms with Crippen LogP contribution < -0.4 is 0 Å². The Bertz CT molecular complexity index is 99.8. The topological polar surface area (TPSA) is 6.48 Å². The molecule has 0 amide bonds. The number of hydrogen-bond acceptors (Lipinski definition) is 2. The largest absolute Gasteiger partial charge is 0.242 e. The second-order valence-corrected chi connectivity index (χ2v) is 3.42. The molecule has 10 heavy (non-hydrogen) atoms. The molecule has 0 aromatic heterocycles. The molecule has 0 radical (unpaired) electrons. The molecule has 1 aliphatic rings. The van der Waals surface area contributed by atoms with Crippen LogP contribution in [0.4, 0.5) is 0 Å². The molecule has 0 N–H and O–H groups in total. The van der Waals surface area contributed by atoms with Crippen LogP contribution >= 0.6 is 0 Å². The monoisotopic (exact) mass is 142 g/mol. The normalized spacial score (nSPS) is 38.4. The van der Waals surface area contributed by atoms with Gasteiger partial charge < -0.3 is 0 Å². The van der Waals surface area contributed by atoms with Gasteiger partial charge >= 0.3 is 0 Å². The average molecular weight is 142 g/mol. The number of rotatable bonds is 0. The van der Waals surface area contributed by atoms with E-state index in [9.17, 15) is 0 Å². The Labute approximate surface area is 63.8 Å². The van der Waals surface area contributed by atoms with Crippen molar-refractivity contribution in [3.05, 3.63) is 0 Å². The summed E-state index contributed by atoms with van der Waals surface area (Å²) in [5, 5.41) is 4.66. The Kier molecular flexibility index (Phi) is 2.32. The summed E-state index contributed by atoms with van der Waals surface area (Å²) >= 11 is 0. The van der Waals surface area contributed by atoms with Crippen LogP contribution in [-0.4, -0.2) is 36.2 Å². The summed E-state index contributed by atoms with van der Waals surface area (Å²) in [6.07, 6.45) is 2.67. The maximum Gasteiger partial charge on any atom is 0.0215 e. The first-order valence-electron chi connectivity index (χ1n) is 4.08. The predicted octanol–water partition coefficient (Wildman–Crippen LogP) is 1.34. The van der Waals surface area contributed by atoms with Gasteiger partial charge in [0.05, 0.1) is 0 Å². The van der Waals surface area contributed by atoms with Crippen molar-refractivity contribution in [2.45, 2.75) is 38.8 Å². The lowest BCUT2D eigenvalue weighted by molar-refractivity contribution is -0.0738. The zero-order valence-electron chi connectivity index (χ0n) is 7.46. The van der Waals surface area contributed by atoms with Crippen LogP contribution in [0.3, 0.4) is 0 Å². The van der Waals surface area contributed by atoms with Crippen molar-refractivity contribution < 1.29 is 0 Å². The molecule has 0 saturated carbocycles. The van der Waals surface area contributed by atoms with Gasteiger partial charge in [0, 0.05) is 26.2 Å². The number of nitrogens with zero attached hydrogens (tertiary/aromatic N) is 2. The van der Waals surface area contributed by atoms with Crippen molar-refractivity contribution in [2.75, 3.05) is 14.1 Å². The van der Waals surface area contributed by atoms with E-state index in [0.717, 1.165) is 12.1 Å². The molecule has 1 aliphatic heterocycles. The molecule has 60 valence electrons. The van der Waals surface area contributed by atoms with E-state index in [1.807, 2.05) is 0 Å². The third-order valence-electron chi connectivity index (χ3n) is 2.78. The lowest BCUT2D eigenvalue weighted by Crippen LogP contribution is -2.51. The first-order valence-corrected chi connectivity index (χ1v) is 4.08. The van der Waals surface area contributed by atoms with Gasteiger partial charge in [-0.2, -0.15) is 0 Å². The van der Waals surface area contributed by atoms with Crippen LogP contribution in [0.5, 0.6) is 0 Å². The molecule has 0 aliphatic carbocycles. The molecule has 0 aromatic rings. The second kappa shape index (κ2) is 2.89. The van der Waals surface area contributed by atoms with E-state index >= 15 is 0 Å². The summed E-state index contributed by atoms with van der Waals surface area (Å²) in [5.74, 6) is 0. The fourth-order valence-electron chi connectivity index (χ4n) is 1.48. The second-order valence-electron chi connectivity index (χ2n) is 3.42. The van der Waals surface area contributed by atoms with Crippen molar-refractivity contribution in [1.29, 1.82) is 0 Å². The zero-order chi connectivity index (χ0) is 7.72. The number of hydrazine groups is 1.